The molecule has 104 valence electrons. The summed E-state index contributed by atoms with van der Waals surface area (Å²) in [6.45, 7) is 16.2. The standard InChI is InChI=1S/C17H22F2/c1-7-14(4)10-11-16(6)17(18,19)12-15(5)9-8-13(2)3/h7-11H,2,5-6,12H2,1,3-4H3/b9-8-,11-10-,14-7-. The zero-order valence-electron chi connectivity index (χ0n) is 12.0. The molecule has 0 rings (SSSR count). The van der Waals surface area contributed by atoms with Gasteiger partial charge in [-0.25, -0.2) is 8.78 Å². The Morgan fingerprint density at radius 1 is 1.00 bits per heavy atom. The zero-order valence-corrected chi connectivity index (χ0v) is 12.0. The van der Waals surface area contributed by atoms with Gasteiger partial charge in [-0.2, -0.15) is 0 Å². The highest BCUT2D eigenvalue weighted by atomic mass is 19.3. The van der Waals surface area contributed by atoms with Crippen molar-refractivity contribution in [1.29, 1.82) is 0 Å². The topological polar surface area (TPSA) is 0 Å². The van der Waals surface area contributed by atoms with Gasteiger partial charge in [0.2, 0.25) is 0 Å². The minimum Gasteiger partial charge on any atom is -0.201 e. The van der Waals surface area contributed by atoms with Gasteiger partial charge >= 0.3 is 0 Å². The first-order valence-electron chi connectivity index (χ1n) is 6.08. The van der Waals surface area contributed by atoms with E-state index < -0.39 is 12.3 Å². The van der Waals surface area contributed by atoms with Crippen molar-refractivity contribution in [2.24, 2.45) is 0 Å². The fraction of sp³-hybridized carbons (Fsp3) is 0.294. The van der Waals surface area contributed by atoms with Crippen LogP contribution in [0.25, 0.3) is 0 Å². The number of hydrogen-bond donors (Lipinski definition) is 0. The van der Waals surface area contributed by atoms with Crippen molar-refractivity contribution in [3.8, 4) is 0 Å². The second-order valence-electron chi connectivity index (χ2n) is 4.61. The molecule has 0 radical (unpaired) electrons. The van der Waals surface area contributed by atoms with Crippen LogP contribution in [0, 0.1) is 0 Å². The van der Waals surface area contributed by atoms with Crippen molar-refractivity contribution in [3.05, 3.63) is 72.4 Å². The molecule has 0 aromatic carbocycles. The summed E-state index contributed by atoms with van der Waals surface area (Å²) in [6, 6.07) is 0. The van der Waals surface area contributed by atoms with E-state index in [0.29, 0.717) is 5.57 Å². The Kier molecular flexibility index (Phi) is 6.99. The molecule has 0 aromatic heterocycles. The Bertz CT molecular complexity index is 446. The van der Waals surface area contributed by atoms with E-state index in [1.54, 1.807) is 25.2 Å². The summed E-state index contributed by atoms with van der Waals surface area (Å²) in [4.78, 5) is 0. The van der Waals surface area contributed by atoms with Gasteiger partial charge in [0.1, 0.15) is 0 Å². The van der Waals surface area contributed by atoms with Crippen molar-refractivity contribution < 1.29 is 8.78 Å². The maximum Gasteiger partial charge on any atom is 0.276 e. The van der Waals surface area contributed by atoms with Crippen LogP contribution in [0.4, 0.5) is 8.78 Å². The van der Waals surface area contributed by atoms with Gasteiger partial charge in [-0.1, -0.05) is 61.3 Å². The van der Waals surface area contributed by atoms with Crippen molar-refractivity contribution in [1.82, 2.24) is 0 Å². The fourth-order valence-corrected chi connectivity index (χ4v) is 1.17. The molecule has 0 N–H and O–H groups in total. The van der Waals surface area contributed by atoms with Crippen molar-refractivity contribution >= 4 is 0 Å². The van der Waals surface area contributed by atoms with Crippen LogP contribution in [0.2, 0.25) is 0 Å². The molecule has 0 aromatic rings. The molecular weight excluding hydrogens is 242 g/mol. The van der Waals surface area contributed by atoms with E-state index in [9.17, 15) is 8.78 Å². The van der Waals surface area contributed by atoms with Gasteiger partial charge in [0.25, 0.3) is 5.92 Å². The predicted octanol–water partition coefficient (Wildman–Crippen LogP) is 5.78. The molecule has 0 unspecified atom stereocenters. The summed E-state index contributed by atoms with van der Waals surface area (Å²) in [5.74, 6) is -2.99. The van der Waals surface area contributed by atoms with E-state index in [4.69, 9.17) is 0 Å². The monoisotopic (exact) mass is 264 g/mol. The molecule has 0 heterocycles. The molecule has 0 aliphatic carbocycles. The van der Waals surface area contributed by atoms with Gasteiger partial charge in [0, 0.05) is 12.0 Å². The Morgan fingerprint density at radius 3 is 2.05 bits per heavy atom. The molecule has 2 heteroatoms. The van der Waals surface area contributed by atoms with E-state index in [1.165, 1.54) is 6.08 Å². The maximum absolute atomic E-state index is 13.9. The lowest BCUT2D eigenvalue weighted by molar-refractivity contribution is 0.0476. The van der Waals surface area contributed by atoms with Crippen LogP contribution in [0.1, 0.15) is 27.2 Å². The maximum atomic E-state index is 13.9. The fourth-order valence-electron chi connectivity index (χ4n) is 1.17. The van der Waals surface area contributed by atoms with E-state index in [2.05, 4.69) is 19.7 Å². The summed E-state index contributed by atoms with van der Waals surface area (Å²) in [5.41, 5.74) is 1.86. The molecule has 0 spiro atoms. The average molecular weight is 264 g/mol. The Labute approximate surface area is 115 Å². The number of allylic oxidation sites excluding steroid dienone is 9. The Morgan fingerprint density at radius 2 is 1.58 bits per heavy atom. The van der Waals surface area contributed by atoms with Gasteiger partial charge in [-0.05, 0) is 26.3 Å². The number of hydrogen-bond acceptors (Lipinski definition) is 0. The van der Waals surface area contributed by atoms with E-state index >= 15 is 0 Å². The molecule has 0 nitrogen and oxygen atoms in total. The molecule has 0 saturated heterocycles. The number of alkyl halides is 2. The molecule has 0 saturated carbocycles. The molecule has 0 bridgehead atoms. The molecule has 19 heavy (non-hydrogen) atoms. The van der Waals surface area contributed by atoms with Crippen LogP contribution in [-0.2, 0) is 0 Å². The van der Waals surface area contributed by atoms with Gasteiger partial charge in [-0.15, -0.1) is 0 Å². The largest absolute Gasteiger partial charge is 0.276 e. The minimum atomic E-state index is -2.99. The molecule has 0 atom stereocenters. The lowest BCUT2D eigenvalue weighted by Gasteiger charge is -2.17. The predicted molar refractivity (Wildman–Crippen MR) is 80.4 cm³/mol. The molecule has 0 aliphatic rings. The smallest absolute Gasteiger partial charge is 0.201 e. The first-order valence-corrected chi connectivity index (χ1v) is 6.08. The van der Waals surface area contributed by atoms with Crippen molar-refractivity contribution in [2.75, 3.05) is 0 Å². The van der Waals surface area contributed by atoms with Crippen LogP contribution >= 0.6 is 0 Å². The van der Waals surface area contributed by atoms with Crippen LogP contribution in [-0.4, -0.2) is 5.92 Å². The highest BCUT2D eigenvalue weighted by Crippen LogP contribution is 2.31. The van der Waals surface area contributed by atoms with E-state index in [-0.39, 0.29) is 5.57 Å². The van der Waals surface area contributed by atoms with Crippen molar-refractivity contribution in [3.63, 3.8) is 0 Å². The Hall–Kier alpha value is -1.70. The average Bonchev–Trinajstić information content (AvgIpc) is 2.32. The minimum absolute atomic E-state index is 0.210. The second-order valence-corrected chi connectivity index (χ2v) is 4.61. The summed E-state index contributed by atoms with van der Waals surface area (Å²) in [5, 5.41) is 0. The van der Waals surface area contributed by atoms with Crippen LogP contribution in [0.15, 0.2) is 72.4 Å². The van der Waals surface area contributed by atoms with Crippen molar-refractivity contribution in [2.45, 2.75) is 33.1 Å². The third-order valence-corrected chi connectivity index (χ3v) is 2.53. The lowest BCUT2D eigenvalue weighted by Crippen LogP contribution is -2.17. The first kappa shape index (κ1) is 17.3. The highest BCUT2D eigenvalue weighted by molar-refractivity contribution is 5.32. The van der Waals surface area contributed by atoms with Crippen LogP contribution in [0.3, 0.4) is 0 Å². The second kappa shape index (κ2) is 7.67. The zero-order chi connectivity index (χ0) is 15.1. The van der Waals surface area contributed by atoms with Gasteiger partial charge < -0.3 is 0 Å². The summed E-state index contributed by atoms with van der Waals surface area (Å²) >= 11 is 0. The number of halogens is 2. The molecule has 0 fully saturated rings. The molecule has 0 aliphatic heterocycles. The van der Waals surface area contributed by atoms with Gasteiger partial charge in [0.05, 0.1) is 0 Å². The van der Waals surface area contributed by atoms with Crippen LogP contribution in [0.5, 0.6) is 0 Å². The lowest BCUT2D eigenvalue weighted by atomic mass is 10.0. The summed E-state index contributed by atoms with van der Waals surface area (Å²) in [6.07, 6.45) is 7.62. The third kappa shape index (κ3) is 7.35. The normalized spacial score (nSPS) is 13.2. The van der Waals surface area contributed by atoms with Crippen LogP contribution < -0.4 is 0 Å². The summed E-state index contributed by atoms with van der Waals surface area (Å²) < 4.78 is 27.7. The summed E-state index contributed by atoms with van der Waals surface area (Å²) in [7, 11) is 0. The van der Waals surface area contributed by atoms with E-state index in [1.807, 2.05) is 19.9 Å². The first-order chi connectivity index (χ1) is 8.69. The molecular formula is C17H22F2. The van der Waals surface area contributed by atoms with E-state index in [0.717, 1.165) is 11.1 Å². The van der Waals surface area contributed by atoms with Gasteiger partial charge in [0.15, 0.2) is 0 Å². The third-order valence-electron chi connectivity index (χ3n) is 2.53. The van der Waals surface area contributed by atoms with Gasteiger partial charge in [-0.3, -0.25) is 0 Å². The quantitative estimate of drug-likeness (QED) is 0.511. The highest BCUT2D eigenvalue weighted by Gasteiger charge is 2.31. The SMILES string of the molecule is C=C(C)/C=C\C(=C)CC(F)(F)C(=C)/C=C\C(C)=C/C. The number of rotatable bonds is 7. The molecule has 0 amide bonds. The Balaban J connectivity index is 4.70.